The number of rotatable bonds is 3. The van der Waals surface area contributed by atoms with Gasteiger partial charge >= 0.3 is 49.0 Å². The van der Waals surface area contributed by atoms with Crippen LogP contribution in [0, 0.1) is 6.92 Å². The fourth-order valence-electron chi connectivity index (χ4n) is 0.701. The third-order valence-electron chi connectivity index (χ3n) is 1.43. The van der Waals surface area contributed by atoms with E-state index >= 15 is 0 Å². The summed E-state index contributed by atoms with van der Waals surface area (Å²) in [6.07, 6.45) is 0. The number of ether oxygens (including phenoxy) is 1. The van der Waals surface area contributed by atoms with E-state index in [9.17, 15) is 0 Å². The van der Waals surface area contributed by atoms with Crippen LogP contribution in [-0.4, -0.2) is 36.9 Å². The van der Waals surface area contributed by atoms with Crippen molar-refractivity contribution in [2.45, 2.75) is 6.92 Å². The molecule has 0 amide bonds. The molecule has 0 fully saturated rings. The van der Waals surface area contributed by atoms with Crippen LogP contribution in [0.15, 0.2) is 30.3 Å². The first kappa shape index (κ1) is 17.1. The fraction of sp³-hybridized carbons (Fsp3) is 0.400. The molecule has 0 saturated carbocycles. The van der Waals surface area contributed by atoms with Crippen LogP contribution in [0.4, 0.5) is 0 Å². The van der Waals surface area contributed by atoms with Crippen molar-refractivity contribution in [3.8, 4) is 0 Å². The molecule has 0 atom stereocenters. The van der Waals surface area contributed by atoms with Crippen LogP contribution in [-0.2, 0) is 8.53 Å². The van der Waals surface area contributed by atoms with Crippen LogP contribution in [0.25, 0.3) is 0 Å². The molecule has 1 rings (SSSR count). The molecular weight excluding hydrogens is 202 g/mol. The second-order valence-corrected chi connectivity index (χ2v) is 3.22. The first-order chi connectivity index (χ1) is 6.31. The van der Waals surface area contributed by atoms with Gasteiger partial charge in [-0.3, -0.25) is 0 Å². The normalized spacial score (nSPS) is 8.14. The molecule has 0 heterocycles. The molecule has 74 valence electrons. The van der Waals surface area contributed by atoms with Crippen molar-refractivity contribution >= 4 is 16.6 Å². The average Bonchev–Trinajstić information content (AvgIpc) is 2.17. The van der Waals surface area contributed by atoms with Gasteiger partial charge in [0.05, 0.1) is 6.61 Å². The summed E-state index contributed by atoms with van der Waals surface area (Å²) in [5.41, 5.74) is 1.32. The van der Waals surface area contributed by atoms with Gasteiger partial charge in [-0.2, -0.15) is 0 Å². The Morgan fingerprint density at radius 1 is 1.29 bits per heavy atom. The van der Waals surface area contributed by atoms with Gasteiger partial charge in [0.2, 0.25) is 0 Å². The van der Waals surface area contributed by atoms with E-state index in [4.69, 9.17) is 3.79 Å². The van der Waals surface area contributed by atoms with Gasteiger partial charge in [-0.15, -0.1) is 0 Å². The molecule has 0 aliphatic rings. The second kappa shape index (κ2) is 13.7. The van der Waals surface area contributed by atoms with Crippen LogP contribution in [0.2, 0.25) is 0 Å². The third-order valence-corrected chi connectivity index (χ3v) is 1.84. The number of benzene rings is 1. The molecule has 0 radical (unpaired) electrons. The van der Waals surface area contributed by atoms with Crippen molar-refractivity contribution in [1.82, 2.24) is 0 Å². The Bertz CT molecular complexity index is 202. The van der Waals surface area contributed by atoms with Crippen LogP contribution >= 0.6 is 0 Å². The van der Waals surface area contributed by atoms with E-state index in [2.05, 4.69) is 23.8 Å². The van der Waals surface area contributed by atoms with E-state index in [1.54, 1.807) is 7.11 Å². The molecule has 4 heteroatoms. The quantitative estimate of drug-likeness (QED) is 0.459. The molecule has 0 bridgehead atoms. The van der Waals surface area contributed by atoms with Crippen molar-refractivity contribution in [2.24, 2.45) is 0 Å². The summed E-state index contributed by atoms with van der Waals surface area (Å²) in [4.78, 5) is 0. The van der Waals surface area contributed by atoms with Crippen LogP contribution in [0.3, 0.4) is 0 Å². The van der Waals surface area contributed by atoms with Gasteiger partial charge in [-0.25, -0.2) is 0 Å². The van der Waals surface area contributed by atoms with Crippen LogP contribution in [0.5, 0.6) is 0 Å². The molecule has 1 aromatic carbocycles. The van der Waals surface area contributed by atoms with Gasteiger partial charge in [0.1, 0.15) is 0 Å². The number of aryl methyl sites for hydroxylation is 1. The summed E-state index contributed by atoms with van der Waals surface area (Å²) in [5, 5.41) is 0. The SMILES string of the molecule is COCC[O][AlH2].Cc1ccccc1.[H+].[H+].[H-].[Na+]. The van der Waals surface area contributed by atoms with Gasteiger partial charge in [-0.05, 0) is 6.92 Å². The second-order valence-electron chi connectivity index (χ2n) is 2.64. The molecule has 0 N–H and O–H groups in total. The first-order valence-electron chi connectivity index (χ1n) is 4.30. The molecule has 0 aromatic heterocycles. The minimum absolute atomic E-state index is 0. The smallest absolute Gasteiger partial charge is 1.00 e. The molecule has 0 aliphatic carbocycles. The minimum atomic E-state index is 0. The zero-order chi connectivity index (χ0) is 9.94. The van der Waals surface area contributed by atoms with E-state index in [1.165, 1.54) is 5.56 Å². The first-order valence-corrected chi connectivity index (χ1v) is 5.12. The standard InChI is InChI=1S/C7H8.C3H7O2.Al.Na.3H/c1-7-5-3-2-4-6-7;1-5-3-2-4;;;;;/h2-6H,1H3;2-3H2,1H3;;;;;/q;-1;2*+1;;;-1/p+2. The number of hydrogen-bond acceptors (Lipinski definition) is 2. The summed E-state index contributed by atoms with van der Waals surface area (Å²) >= 11 is 0.823. The number of methoxy groups -OCH3 is 1. The Kier molecular flexibility index (Phi) is 16.7. The predicted octanol–water partition coefficient (Wildman–Crippen LogP) is -1.47. The van der Waals surface area contributed by atoms with E-state index in [0.29, 0.717) is 0 Å². The molecular formula is C10H20AlNaO2+2. The zero-order valence-corrected chi connectivity index (χ0v) is 13.6. The van der Waals surface area contributed by atoms with E-state index in [-0.39, 0.29) is 33.8 Å². The van der Waals surface area contributed by atoms with Gasteiger partial charge in [0.15, 0.2) is 0 Å². The van der Waals surface area contributed by atoms with Crippen LogP contribution < -0.4 is 29.6 Å². The minimum Gasteiger partial charge on any atom is -1.00 e. The monoisotopic (exact) mass is 222 g/mol. The molecule has 1 aromatic rings. The maximum Gasteiger partial charge on any atom is 1.00 e. The zero-order valence-electron chi connectivity index (χ0n) is 12.6. The van der Waals surface area contributed by atoms with Crippen molar-refractivity contribution < 1.29 is 42.4 Å². The largest absolute Gasteiger partial charge is 1.00 e. The maximum absolute atomic E-state index is 4.80. The van der Waals surface area contributed by atoms with Crippen molar-refractivity contribution in [2.75, 3.05) is 20.3 Å². The van der Waals surface area contributed by atoms with Gasteiger partial charge < -0.3 is 9.95 Å². The van der Waals surface area contributed by atoms with Crippen molar-refractivity contribution in [3.05, 3.63) is 35.9 Å². The predicted molar refractivity (Wildman–Crippen MR) is 60.9 cm³/mol. The average molecular weight is 222 g/mol. The van der Waals surface area contributed by atoms with Crippen LogP contribution in [0.1, 0.15) is 9.84 Å². The maximum atomic E-state index is 4.80. The summed E-state index contributed by atoms with van der Waals surface area (Å²) in [6, 6.07) is 10.3. The molecule has 14 heavy (non-hydrogen) atoms. The summed E-state index contributed by atoms with van der Waals surface area (Å²) < 4.78 is 9.48. The Morgan fingerprint density at radius 3 is 2.07 bits per heavy atom. The third kappa shape index (κ3) is 12.7. The van der Waals surface area contributed by atoms with Gasteiger partial charge in [0.25, 0.3) is 0 Å². The Balaban J connectivity index is -0.0000000462. The molecule has 2 nitrogen and oxygen atoms in total. The Labute approximate surface area is 121 Å². The van der Waals surface area contributed by atoms with E-state index in [1.807, 2.05) is 18.2 Å². The molecule has 0 aliphatic heterocycles. The Hall–Kier alpha value is 0.672. The van der Waals surface area contributed by atoms with E-state index < -0.39 is 0 Å². The molecule has 0 unspecified atom stereocenters. The summed E-state index contributed by atoms with van der Waals surface area (Å²) in [5.74, 6) is 0. The molecule has 0 saturated heterocycles. The van der Waals surface area contributed by atoms with E-state index in [0.717, 1.165) is 29.8 Å². The van der Waals surface area contributed by atoms with Gasteiger partial charge in [-0.1, -0.05) is 35.9 Å². The molecule has 0 spiro atoms. The number of hydrogen-bond donors (Lipinski definition) is 0. The Morgan fingerprint density at radius 2 is 1.86 bits per heavy atom. The van der Waals surface area contributed by atoms with Gasteiger partial charge in [0, 0.05) is 13.7 Å². The van der Waals surface area contributed by atoms with Crippen molar-refractivity contribution in [1.29, 1.82) is 0 Å². The van der Waals surface area contributed by atoms with Crippen molar-refractivity contribution in [3.63, 3.8) is 0 Å². The summed E-state index contributed by atoms with van der Waals surface area (Å²) in [7, 11) is 1.67. The fourth-order valence-corrected chi connectivity index (χ4v) is 0.868. The summed E-state index contributed by atoms with van der Waals surface area (Å²) in [6.45, 7) is 3.56. The topological polar surface area (TPSA) is 18.5 Å².